The Balaban J connectivity index is 2.01. The first-order chi connectivity index (χ1) is 7.31. The number of carbonyl (C=O) groups excluding carboxylic acids is 1. The standard InChI is InChI=1S/C9H13N3O2S/c13-5-7-2-1-3-12(4-7)9(14)8-6-15-11-10-8/h6-7,13H,1-5H2. The van der Waals surface area contributed by atoms with E-state index in [1.807, 2.05) is 0 Å². The number of nitrogens with zero attached hydrogens (tertiary/aromatic N) is 3. The quantitative estimate of drug-likeness (QED) is 0.793. The van der Waals surface area contributed by atoms with Gasteiger partial charge in [0, 0.05) is 25.1 Å². The fourth-order valence-electron chi connectivity index (χ4n) is 1.82. The molecule has 6 heteroatoms. The van der Waals surface area contributed by atoms with E-state index in [9.17, 15) is 4.79 Å². The minimum atomic E-state index is -0.0677. The molecule has 1 atom stereocenters. The number of hydrogen-bond donors (Lipinski definition) is 1. The number of carbonyl (C=O) groups is 1. The van der Waals surface area contributed by atoms with Crippen molar-refractivity contribution < 1.29 is 9.90 Å². The zero-order valence-electron chi connectivity index (χ0n) is 8.30. The zero-order chi connectivity index (χ0) is 10.7. The number of rotatable bonds is 2. The highest BCUT2D eigenvalue weighted by atomic mass is 32.1. The van der Waals surface area contributed by atoms with Crippen LogP contribution in [0.25, 0.3) is 0 Å². The van der Waals surface area contributed by atoms with Gasteiger partial charge in [-0.3, -0.25) is 4.79 Å². The van der Waals surface area contributed by atoms with Crippen LogP contribution in [0.4, 0.5) is 0 Å². The zero-order valence-corrected chi connectivity index (χ0v) is 9.11. The molecule has 1 aromatic heterocycles. The molecule has 2 rings (SSSR count). The number of aliphatic hydroxyl groups excluding tert-OH is 1. The smallest absolute Gasteiger partial charge is 0.275 e. The molecule has 0 saturated carbocycles. The molecule has 0 aliphatic carbocycles. The summed E-state index contributed by atoms with van der Waals surface area (Å²) in [5.41, 5.74) is 0.415. The van der Waals surface area contributed by atoms with Crippen molar-refractivity contribution in [2.45, 2.75) is 12.8 Å². The van der Waals surface area contributed by atoms with Crippen LogP contribution in [0.15, 0.2) is 5.38 Å². The van der Waals surface area contributed by atoms with Gasteiger partial charge in [-0.25, -0.2) is 0 Å². The van der Waals surface area contributed by atoms with Crippen LogP contribution in [0.1, 0.15) is 23.3 Å². The van der Waals surface area contributed by atoms with E-state index in [1.54, 1.807) is 10.3 Å². The lowest BCUT2D eigenvalue weighted by molar-refractivity contribution is 0.0615. The number of likely N-dealkylation sites (tertiary alicyclic amines) is 1. The second kappa shape index (κ2) is 4.67. The van der Waals surface area contributed by atoms with Crippen molar-refractivity contribution in [2.75, 3.05) is 19.7 Å². The van der Waals surface area contributed by atoms with Crippen LogP contribution in [0, 0.1) is 5.92 Å². The molecule has 82 valence electrons. The lowest BCUT2D eigenvalue weighted by atomic mass is 9.99. The second-order valence-electron chi connectivity index (χ2n) is 3.73. The summed E-state index contributed by atoms with van der Waals surface area (Å²) >= 11 is 1.18. The number of aliphatic hydroxyl groups is 1. The van der Waals surface area contributed by atoms with Crippen molar-refractivity contribution in [1.82, 2.24) is 14.5 Å². The van der Waals surface area contributed by atoms with Gasteiger partial charge >= 0.3 is 0 Å². The molecular formula is C9H13N3O2S. The fourth-order valence-corrected chi connectivity index (χ4v) is 2.25. The van der Waals surface area contributed by atoms with E-state index >= 15 is 0 Å². The molecule has 1 aliphatic rings. The molecule has 0 radical (unpaired) electrons. The summed E-state index contributed by atoms with van der Waals surface area (Å²) in [6.07, 6.45) is 1.95. The Morgan fingerprint density at radius 2 is 2.60 bits per heavy atom. The summed E-state index contributed by atoms with van der Waals surface area (Å²) in [5, 5.41) is 14.5. The van der Waals surface area contributed by atoms with Crippen LogP contribution >= 0.6 is 11.5 Å². The third-order valence-electron chi connectivity index (χ3n) is 2.64. The van der Waals surface area contributed by atoms with Crippen LogP contribution < -0.4 is 0 Å². The lowest BCUT2D eigenvalue weighted by Crippen LogP contribution is -2.41. The van der Waals surface area contributed by atoms with Crippen molar-refractivity contribution in [3.05, 3.63) is 11.1 Å². The van der Waals surface area contributed by atoms with Crippen molar-refractivity contribution in [3.63, 3.8) is 0 Å². The SMILES string of the molecule is O=C(c1csnn1)N1CCCC(CO)C1. The lowest BCUT2D eigenvalue weighted by Gasteiger charge is -2.31. The molecule has 0 aromatic carbocycles. The predicted octanol–water partition coefficient (Wildman–Crippen LogP) is 0.383. The third kappa shape index (κ3) is 2.32. The molecule has 1 N–H and O–H groups in total. The van der Waals surface area contributed by atoms with E-state index in [0.717, 1.165) is 19.4 Å². The maximum absolute atomic E-state index is 11.9. The molecule has 1 amide bonds. The first kappa shape index (κ1) is 10.5. The molecule has 0 bridgehead atoms. The molecule has 0 spiro atoms. The molecule has 15 heavy (non-hydrogen) atoms. The van der Waals surface area contributed by atoms with Crippen LogP contribution in [0.5, 0.6) is 0 Å². The van der Waals surface area contributed by atoms with Gasteiger partial charge in [0.15, 0.2) is 5.69 Å². The van der Waals surface area contributed by atoms with Gasteiger partial charge in [-0.1, -0.05) is 4.49 Å². The van der Waals surface area contributed by atoms with E-state index in [0.29, 0.717) is 12.2 Å². The summed E-state index contributed by atoms with van der Waals surface area (Å²) in [6, 6.07) is 0. The minimum Gasteiger partial charge on any atom is -0.396 e. The second-order valence-corrected chi connectivity index (χ2v) is 4.34. The van der Waals surface area contributed by atoms with Crippen molar-refractivity contribution in [2.24, 2.45) is 5.92 Å². The molecule has 1 unspecified atom stereocenters. The molecule has 2 heterocycles. The Hall–Kier alpha value is -1.01. The highest BCUT2D eigenvalue weighted by molar-refractivity contribution is 7.03. The van der Waals surface area contributed by atoms with Gasteiger partial charge in [-0.05, 0) is 30.3 Å². The number of piperidine rings is 1. The normalized spacial score (nSPS) is 21.7. The fraction of sp³-hybridized carbons (Fsp3) is 0.667. The van der Waals surface area contributed by atoms with Gasteiger partial charge < -0.3 is 10.0 Å². The van der Waals surface area contributed by atoms with Crippen molar-refractivity contribution >= 4 is 17.4 Å². The van der Waals surface area contributed by atoms with E-state index in [-0.39, 0.29) is 18.4 Å². The Kier molecular flexibility index (Phi) is 3.27. The topological polar surface area (TPSA) is 66.3 Å². The van der Waals surface area contributed by atoms with Gasteiger partial charge in [0.1, 0.15) is 0 Å². The van der Waals surface area contributed by atoms with Crippen LogP contribution in [0.2, 0.25) is 0 Å². The van der Waals surface area contributed by atoms with E-state index in [1.165, 1.54) is 11.5 Å². The monoisotopic (exact) mass is 227 g/mol. The van der Waals surface area contributed by atoms with Crippen molar-refractivity contribution in [1.29, 1.82) is 0 Å². The minimum absolute atomic E-state index is 0.0677. The Morgan fingerprint density at radius 3 is 3.27 bits per heavy atom. The summed E-state index contributed by atoms with van der Waals surface area (Å²) < 4.78 is 3.67. The first-order valence-electron chi connectivity index (χ1n) is 4.98. The number of hydrogen-bond acceptors (Lipinski definition) is 5. The Labute approximate surface area is 91.9 Å². The van der Waals surface area contributed by atoms with Gasteiger partial charge in [-0.15, -0.1) is 5.10 Å². The molecule has 5 nitrogen and oxygen atoms in total. The maximum Gasteiger partial charge on any atom is 0.275 e. The summed E-state index contributed by atoms with van der Waals surface area (Å²) in [7, 11) is 0. The largest absolute Gasteiger partial charge is 0.396 e. The first-order valence-corrected chi connectivity index (χ1v) is 5.82. The number of amides is 1. The summed E-state index contributed by atoms with van der Waals surface area (Å²) in [4.78, 5) is 13.6. The van der Waals surface area contributed by atoms with Gasteiger partial charge in [0.25, 0.3) is 5.91 Å². The van der Waals surface area contributed by atoms with Gasteiger partial charge in [0.05, 0.1) is 0 Å². The Morgan fingerprint density at radius 1 is 1.73 bits per heavy atom. The average Bonchev–Trinajstić information content (AvgIpc) is 2.81. The maximum atomic E-state index is 11.9. The number of aromatic nitrogens is 2. The summed E-state index contributed by atoms with van der Waals surface area (Å²) in [5.74, 6) is 0.149. The summed E-state index contributed by atoms with van der Waals surface area (Å²) in [6.45, 7) is 1.54. The molecule has 1 fully saturated rings. The van der Waals surface area contributed by atoms with E-state index in [4.69, 9.17) is 5.11 Å². The predicted molar refractivity (Wildman–Crippen MR) is 55.6 cm³/mol. The van der Waals surface area contributed by atoms with Crippen LogP contribution in [-0.2, 0) is 0 Å². The molecule has 1 saturated heterocycles. The van der Waals surface area contributed by atoms with Gasteiger partial charge in [-0.2, -0.15) is 0 Å². The van der Waals surface area contributed by atoms with Crippen molar-refractivity contribution in [3.8, 4) is 0 Å². The highest BCUT2D eigenvalue weighted by Crippen LogP contribution is 2.17. The van der Waals surface area contributed by atoms with E-state index < -0.39 is 0 Å². The average molecular weight is 227 g/mol. The van der Waals surface area contributed by atoms with Crippen LogP contribution in [-0.4, -0.2) is 45.2 Å². The van der Waals surface area contributed by atoms with Gasteiger partial charge in [0.2, 0.25) is 0 Å². The van der Waals surface area contributed by atoms with Crippen LogP contribution in [0.3, 0.4) is 0 Å². The molecular weight excluding hydrogens is 214 g/mol. The van der Waals surface area contributed by atoms with E-state index in [2.05, 4.69) is 9.59 Å². The molecule has 1 aliphatic heterocycles. The Bertz CT molecular complexity index is 328. The highest BCUT2D eigenvalue weighted by Gasteiger charge is 2.25. The molecule has 1 aromatic rings. The third-order valence-corrected chi connectivity index (χ3v) is 3.15.